The standard InChI is InChI=1S/C19H35N7S/c1-5-17-22-19(27-23-17)25-13-11-24(12-14-25)18(20-6-2)21-9-10-26(15(3)4)16-7-8-16/h15-16H,5-14H2,1-4H3,(H,20,21). The van der Waals surface area contributed by atoms with Crippen molar-refractivity contribution in [2.45, 2.75) is 59.0 Å². The number of anilines is 1. The molecule has 1 saturated heterocycles. The molecule has 2 aliphatic rings. The van der Waals surface area contributed by atoms with E-state index in [1.165, 1.54) is 24.4 Å². The molecule has 8 heteroatoms. The highest BCUT2D eigenvalue weighted by atomic mass is 32.1. The lowest BCUT2D eigenvalue weighted by Crippen LogP contribution is -2.52. The van der Waals surface area contributed by atoms with Crippen molar-refractivity contribution >= 4 is 22.6 Å². The van der Waals surface area contributed by atoms with Crippen LogP contribution in [0.4, 0.5) is 5.13 Å². The summed E-state index contributed by atoms with van der Waals surface area (Å²) in [6, 6.07) is 1.41. The molecule has 0 radical (unpaired) electrons. The Hall–Kier alpha value is -1.41. The van der Waals surface area contributed by atoms with E-state index in [0.717, 1.165) is 75.2 Å². The van der Waals surface area contributed by atoms with E-state index in [0.29, 0.717) is 6.04 Å². The van der Waals surface area contributed by atoms with E-state index in [9.17, 15) is 0 Å². The van der Waals surface area contributed by atoms with Gasteiger partial charge in [-0.2, -0.15) is 4.37 Å². The van der Waals surface area contributed by atoms with Gasteiger partial charge in [-0.15, -0.1) is 0 Å². The van der Waals surface area contributed by atoms with Crippen LogP contribution in [0.5, 0.6) is 0 Å². The Morgan fingerprint density at radius 1 is 1.26 bits per heavy atom. The lowest BCUT2D eigenvalue weighted by Gasteiger charge is -2.36. The quantitative estimate of drug-likeness (QED) is 0.539. The van der Waals surface area contributed by atoms with Gasteiger partial charge in [-0.1, -0.05) is 6.92 Å². The van der Waals surface area contributed by atoms with Crippen LogP contribution in [0.25, 0.3) is 0 Å². The summed E-state index contributed by atoms with van der Waals surface area (Å²) in [7, 11) is 0. The van der Waals surface area contributed by atoms with Crippen molar-refractivity contribution in [1.29, 1.82) is 0 Å². The molecule has 0 bridgehead atoms. The number of hydrogen-bond donors (Lipinski definition) is 1. The van der Waals surface area contributed by atoms with Gasteiger partial charge in [-0.05, 0) is 33.6 Å². The fraction of sp³-hybridized carbons (Fsp3) is 0.842. The minimum atomic E-state index is 0.610. The van der Waals surface area contributed by atoms with Crippen molar-refractivity contribution in [2.75, 3.05) is 50.7 Å². The van der Waals surface area contributed by atoms with Crippen molar-refractivity contribution in [1.82, 2.24) is 24.5 Å². The van der Waals surface area contributed by atoms with E-state index in [2.05, 4.69) is 57.1 Å². The van der Waals surface area contributed by atoms with Crippen LogP contribution >= 0.6 is 11.5 Å². The third-order valence-corrected chi connectivity index (χ3v) is 6.07. The number of nitrogens with one attached hydrogen (secondary N) is 1. The van der Waals surface area contributed by atoms with E-state index >= 15 is 0 Å². The Morgan fingerprint density at radius 2 is 2.00 bits per heavy atom. The zero-order valence-electron chi connectivity index (χ0n) is 17.3. The number of hydrogen-bond acceptors (Lipinski definition) is 6. The lowest BCUT2D eigenvalue weighted by molar-refractivity contribution is 0.217. The fourth-order valence-corrected chi connectivity index (χ4v) is 4.39. The van der Waals surface area contributed by atoms with Gasteiger partial charge in [0.2, 0.25) is 5.13 Å². The van der Waals surface area contributed by atoms with Crippen LogP contribution < -0.4 is 10.2 Å². The molecule has 1 N–H and O–H groups in total. The molecule has 1 aliphatic carbocycles. The highest BCUT2D eigenvalue weighted by Crippen LogP contribution is 2.28. The smallest absolute Gasteiger partial charge is 0.205 e. The maximum atomic E-state index is 4.93. The second kappa shape index (κ2) is 9.68. The molecule has 0 amide bonds. The summed E-state index contributed by atoms with van der Waals surface area (Å²) in [5.41, 5.74) is 0. The van der Waals surface area contributed by atoms with Crippen LogP contribution in [0, 0.1) is 0 Å². The second-order valence-corrected chi connectivity index (χ2v) is 8.35. The van der Waals surface area contributed by atoms with Crippen LogP contribution in [-0.2, 0) is 6.42 Å². The average Bonchev–Trinajstić information content (AvgIpc) is 3.39. The monoisotopic (exact) mass is 393 g/mol. The van der Waals surface area contributed by atoms with Gasteiger partial charge >= 0.3 is 0 Å². The predicted octanol–water partition coefficient (Wildman–Crippen LogP) is 2.06. The topological polar surface area (TPSA) is 59.9 Å². The summed E-state index contributed by atoms with van der Waals surface area (Å²) in [5, 5.41) is 4.54. The van der Waals surface area contributed by atoms with Crippen LogP contribution in [0.15, 0.2) is 4.99 Å². The Kier molecular flexibility index (Phi) is 7.29. The maximum absolute atomic E-state index is 4.93. The van der Waals surface area contributed by atoms with E-state index in [4.69, 9.17) is 4.99 Å². The van der Waals surface area contributed by atoms with Gasteiger partial charge in [-0.25, -0.2) is 4.98 Å². The SMILES string of the molecule is CCNC(=NCCN(C(C)C)C1CC1)N1CCN(c2nc(CC)ns2)CC1. The molecule has 1 saturated carbocycles. The number of aromatic nitrogens is 2. The van der Waals surface area contributed by atoms with Crippen LogP contribution in [0.3, 0.4) is 0 Å². The second-order valence-electron chi connectivity index (χ2n) is 7.62. The normalized spacial score (nSPS) is 18.7. The van der Waals surface area contributed by atoms with Crippen molar-refractivity contribution in [3.63, 3.8) is 0 Å². The minimum absolute atomic E-state index is 0.610. The van der Waals surface area contributed by atoms with Gasteiger partial charge in [0.25, 0.3) is 0 Å². The fourth-order valence-electron chi connectivity index (χ4n) is 3.59. The summed E-state index contributed by atoms with van der Waals surface area (Å²) >= 11 is 1.52. The van der Waals surface area contributed by atoms with Gasteiger partial charge in [0.15, 0.2) is 5.96 Å². The molecule has 7 nitrogen and oxygen atoms in total. The molecule has 27 heavy (non-hydrogen) atoms. The zero-order valence-corrected chi connectivity index (χ0v) is 18.1. The van der Waals surface area contributed by atoms with Crippen LogP contribution in [-0.4, -0.2) is 83.0 Å². The average molecular weight is 394 g/mol. The molecular formula is C19H35N7S. The Balaban J connectivity index is 1.52. The molecule has 0 aromatic carbocycles. The van der Waals surface area contributed by atoms with Crippen LogP contribution in [0.1, 0.15) is 46.4 Å². The highest BCUT2D eigenvalue weighted by molar-refractivity contribution is 7.09. The van der Waals surface area contributed by atoms with Crippen molar-refractivity contribution in [3.05, 3.63) is 5.82 Å². The first-order valence-corrected chi connectivity index (χ1v) is 11.3. The Bertz CT molecular complexity index is 601. The molecule has 3 rings (SSSR count). The van der Waals surface area contributed by atoms with E-state index in [1.54, 1.807) is 0 Å². The van der Waals surface area contributed by atoms with E-state index < -0.39 is 0 Å². The molecule has 2 heterocycles. The van der Waals surface area contributed by atoms with Crippen molar-refractivity contribution in [3.8, 4) is 0 Å². The third-order valence-electron chi connectivity index (χ3n) is 5.26. The Morgan fingerprint density at radius 3 is 2.56 bits per heavy atom. The first-order chi connectivity index (χ1) is 13.1. The molecule has 0 atom stereocenters. The van der Waals surface area contributed by atoms with Gasteiger partial charge < -0.3 is 15.1 Å². The summed E-state index contributed by atoms with van der Waals surface area (Å²) in [6.07, 6.45) is 3.62. The van der Waals surface area contributed by atoms with E-state index in [1.807, 2.05) is 0 Å². The van der Waals surface area contributed by atoms with Gasteiger partial charge in [0.05, 0.1) is 6.54 Å². The number of rotatable bonds is 8. The van der Waals surface area contributed by atoms with E-state index in [-0.39, 0.29) is 0 Å². The first kappa shape index (κ1) is 20.3. The Labute approximate surface area is 168 Å². The molecule has 0 spiro atoms. The molecule has 1 aromatic heterocycles. The summed E-state index contributed by atoms with van der Waals surface area (Å²) in [5.74, 6) is 2.01. The largest absolute Gasteiger partial charge is 0.357 e. The summed E-state index contributed by atoms with van der Waals surface area (Å²) in [4.78, 5) is 16.9. The number of aliphatic imine (C=N–C) groups is 1. The number of piperazine rings is 1. The molecule has 1 aromatic rings. The van der Waals surface area contributed by atoms with Gasteiger partial charge in [-0.3, -0.25) is 9.89 Å². The number of guanidine groups is 1. The number of aryl methyl sites for hydroxylation is 1. The number of nitrogens with zero attached hydrogens (tertiary/aromatic N) is 6. The highest BCUT2D eigenvalue weighted by Gasteiger charge is 2.30. The van der Waals surface area contributed by atoms with Gasteiger partial charge in [0, 0.05) is 69.3 Å². The molecule has 1 aliphatic heterocycles. The molecular weight excluding hydrogens is 358 g/mol. The maximum Gasteiger partial charge on any atom is 0.205 e. The summed E-state index contributed by atoms with van der Waals surface area (Å²) in [6.45, 7) is 15.6. The molecule has 0 unspecified atom stereocenters. The predicted molar refractivity (Wildman–Crippen MR) is 114 cm³/mol. The van der Waals surface area contributed by atoms with Crippen molar-refractivity contribution < 1.29 is 0 Å². The minimum Gasteiger partial charge on any atom is -0.357 e. The van der Waals surface area contributed by atoms with Gasteiger partial charge in [0.1, 0.15) is 5.82 Å². The van der Waals surface area contributed by atoms with Crippen molar-refractivity contribution in [2.24, 2.45) is 4.99 Å². The lowest BCUT2D eigenvalue weighted by atomic mass is 10.3. The summed E-state index contributed by atoms with van der Waals surface area (Å²) < 4.78 is 4.42. The zero-order chi connectivity index (χ0) is 19.2. The third kappa shape index (κ3) is 5.54. The van der Waals surface area contributed by atoms with Crippen LogP contribution in [0.2, 0.25) is 0 Å². The first-order valence-electron chi connectivity index (χ1n) is 10.5. The molecule has 152 valence electrons. The molecule has 2 fully saturated rings.